The molecule has 0 fully saturated rings. The van der Waals surface area contributed by atoms with E-state index >= 15 is 4.39 Å². The van der Waals surface area contributed by atoms with Crippen molar-refractivity contribution in [1.82, 2.24) is 29.5 Å². The standard InChI is InChI=1S/C26H27FN8O2/c1-15-21(37-16-6-8-20-18(10-16)31-14-35(20)5)9-7-17(22(15)27)32-24-23-19(29-13-30-24)11-28-25(33-23)34(4)12-26(2,3)36/h6-11,13-14,36H,12H2,1-5H3,(H,29,30,32). The number of likely N-dealkylation sites (N-methyl/N-ethyl adjacent to an activating group) is 1. The molecule has 0 atom stereocenters. The Morgan fingerprint density at radius 3 is 2.70 bits per heavy atom. The van der Waals surface area contributed by atoms with E-state index in [-0.39, 0.29) is 5.69 Å². The van der Waals surface area contributed by atoms with Crippen molar-refractivity contribution in [3.63, 3.8) is 0 Å². The van der Waals surface area contributed by atoms with E-state index in [1.165, 1.54) is 6.33 Å². The van der Waals surface area contributed by atoms with Crippen molar-refractivity contribution < 1.29 is 14.2 Å². The number of halogens is 1. The Bertz CT molecular complexity index is 1610. The van der Waals surface area contributed by atoms with Crippen LogP contribution in [0.4, 0.5) is 21.8 Å². The van der Waals surface area contributed by atoms with Gasteiger partial charge in [0.05, 0.1) is 34.8 Å². The molecule has 0 radical (unpaired) electrons. The fraction of sp³-hybridized carbons (Fsp3) is 0.269. The number of aliphatic hydroxyl groups is 1. The summed E-state index contributed by atoms with van der Waals surface area (Å²) in [6.45, 7) is 5.38. The van der Waals surface area contributed by atoms with E-state index in [1.54, 1.807) is 57.4 Å². The molecule has 0 saturated heterocycles. The molecular weight excluding hydrogens is 475 g/mol. The second-order valence-corrected chi connectivity index (χ2v) is 9.58. The van der Waals surface area contributed by atoms with Crippen LogP contribution in [-0.2, 0) is 7.05 Å². The third-order valence-corrected chi connectivity index (χ3v) is 5.84. The van der Waals surface area contributed by atoms with E-state index in [4.69, 9.17) is 4.74 Å². The summed E-state index contributed by atoms with van der Waals surface area (Å²) in [5.74, 6) is 1.20. The van der Waals surface area contributed by atoms with Crippen molar-refractivity contribution in [3.8, 4) is 11.5 Å². The summed E-state index contributed by atoms with van der Waals surface area (Å²) in [7, 11) is 3.70. The number of ether oxygens (including phenoxy) is 1. The third-order valence-electron chi connectivity index (χ3n) is 5.84. The number of nitrogens with zero attached hydrogens (tertiary/aromatic N) is 7. The molecule has 10 nitrogen and oxygen atoms in total. The smallest absolute Gasteiger partial charge is 0.225 e. The molecule has 0 unspecified atom stereocenters. The van der Waals surface area contributed by atoms with Crippen molar-refractivity contribution in [3.05, 3.63) is 60.6 Å². The zero-order valence-electron chi connectivity index (χ0n) is 21.2. The number of rotatable bonds is 7. The predicted molar refractivity (Wildman–Crippen MR) is 140 cm³/mol. The Morgan fingerprint density at radius 1 is 1.11 bits per heavy atom. The summed E-state index contributed by atoms with van der Waals surface area (Å²) in [5.41, 5.74) is 2.32. The fourth-order valence-corrected chi connectivity index (χ4v) is 4.08. The highest BCUT2D eigenvalue weighted by molar-refractivity contribution is 5.87. The van der Waals surface area contributed by atoms with Crippen LogP contribution in [0.25, 0.3) is 22.1 Å². The lowest BCUT2D eigenvalue weighted by molar-refractivity contribution is 0.0883. The van der Waals surface area contributed by atoms with Gasteiger partial charge >= 0.3 is 0 Å². The van der Waals surface area contributed by atoms with Crippen molar-refractivity contribution in [1.29, 1.82) is 0 Å². The summed E-state index contributed by atoms with van der Waals surface area (Å²) in [6, 6.07) is 8.84. The van der Waals surface area contributed by atoms with Crippen LogP contribution in [0.5, 0.6) is 11.5 Å². The fourth-order valence-electron chi connectivity index (χ4n) is 4.08. The van der Waals surface area contributed by atoms with Gasteiger partial charge in [-0.1, -0.05) is 0 Å². The summed E-state index contributed by atoms with van der Waals surface area (Å²) in [4.78, 5) is 23.5. The van der Waals surface area contributed by atoms with Gasteiger partial charge in [0.1, 0.15) is 28.9 Å². The molecule has 0 aliphatic heterocycles. The molecule has 37 heavy (non-hydrogen) atoms. The van der Waals surface area contributed by atoms with Crippen molar-refractivity contribution in [2.75, 3.05) is 23.8 Å². The van der Waals surface area contributed by atoms with Gasteiger partial charge < -0.3 is 24.6 Å². The summed E-state index contributed by atoms with van der Waals surface area (Å²) < 4.78 is 23.3. The number of hydrogen-bond donors (Lipinski definition) is 2. The molecule has 2 aromatic carbocycles. The maximum absolute atomic E-state index is 15.4. The topological polar surface area (TPSA) is 114 Å². The molecule has 0 bridgehead atoms. The van der Waals surface area contributed by atoms with Gasteiger partial charge in [-0.05, 0) is 45.0 Å². The Morgan fingerprint density at radius 2 is 1.92 bits per heavy atom. The van der Waals surface area contributed by atoms with Gasteiger partial charge in [0.15, 0.2) is 11.6 Å². The van der Waals surface area contributed by atoms with Crippen LogP contribution < -0.4 is 15.0 Å². The maximum Gasteiger partial charge on any atom is 0.225 e. The van der Waals surface area contributed by atoms with Gasteiger partial charge in [0.2, 0.25) is 5.95 Å². The SMILES string of the molecule is Cc1c(Oc2ccc3c(c2)ncn3C)ccc(Nc2ncnc3cnc(N(C)CC(C)(C)O)nc23)c1F. The van der Waals surface area contributed by atoms with Gasteiger partial charge in [0, 0.05) is 32.3 Å². The molecule has 3 aromatic heterocycles. The summed E-state index contributed by atoms with van der Waals surface area (Å²) >= 11 is 0. The molecule has 2 N–H and O–H groups in total. The molecule has 11 heteroatoms. The first kappa shape index (κ1) is 24.3. The molecule has 0 spiro atoms. The van der Waals surface area contributed by atoms with Crippen LogP contribution in [-0.4, -0.2) is 53.8 Å². The number of benzene rings is 2. The zero-order chi connectivity index (χ0) is 26.3. The average Bonchev–Trinajstić information content (AvgIpc) is 3.22. The third kappa shape index (κ3) is 4.98. The first-order valence-electron chi connectivity index (χ1n) is 11.7. The Balaban J connectivity index is 1.42. The number of aryl methyl sites for hydroxylation is 1. The van der Waals surface area contributed by atoms with E-state index in [2.05, 4.69) is 30.2 Å². The van der Waals surface area contributed by atoms with Crippen molar-refractivity contribution in [2.24, 2.45) is 7.05 Å². The highest BCUT2D eigenvalue weighted by Gasteiger charge is 2.19. The lowest BCUT2D eigenvalue weighted by Crippen LogP contribution is -2.37. The highest BCUT2D eigenvalue weighted by atomic mass is 19.1. The van der Waals surface area contributed by atoms with E-state index in [1.807, 2.05) is 29.8 Å². The Kier molecular flexibility index (Phi) is 6.08. The monoisotopic (exact) mass is 502 g/mol. The Hall–Kier alpha value is -4.38. The van der Waals surface area contributed by atoms with Crippen LogP contribution in [0, 0.1) is 12.7 Å². The predicted octanol–water partition coefficient (Wildman–Crippen LogP) is 4.50. The second-order valence-electron chi connectivity index (χ2n) is 9.58. The van der Waals surface area contributed by atoms with Crippen LogP contribution in [0.2, 0.25) is 0 Å². The van der Waals surface area contributed by atoms with E-state index in [9.17, 15) is 5.11 Å². The molecule has 5 rings (SSSR count). The van der Waals surface area contributed by atoms with Crippen LogP contribution >= 0.6 is 0 Å². The molecule has 190 valence electrons. The van der Waals surface area contributed by atoms with Gasteiger partial charge in [-0.15, -0.1) is 0 Å². The molecular formula is C26H27FN8O2. The Labute approximate surface area is 212 Å². The van der Waals surface area contributed by atoms with Gasteiger partial charge in [-0.3, -0.25) is 0 Å². The normalized spacial score (nSPS) is 11.8. The number of anilines is 3. The van der Waals surface area contributed by atoms with E-state index in [0.29, 0.717) is 46.4 Å². The molecule has 0 amide bonds. The number of aromatic nitrogens is 6. The first-order chi connectivity index (χ1) is 17.6. The molecule has 0 aliphatic rings. The van der Waals surface area contributed by atoms with Gasteiger partial charge in [-0.25, -0.2) is 29.3 Å². The molecule has 5 aromatic rings. The number of fused-ring (bicyclic) bond motifs is 2. The minimum atomic E-state index is -0.935. The van der Waals surface area contributed by atoms with Crippen LogP contribution in [0.1, 0.15) is 19.4 Å². The average molecular weight is 503 g/mol. The number of nitrogens with one attached hydrogen (secondary N) is 1. The highest BCUT2D eigenvalue weighted by Crippen LogP contribution is 2.33. The zero-order valence-corrected chi connectivity index (χ0v) is 21.2. The largest absolute Gasteiger partial charge is 0.457 e. The minimum absolute atomic E-state index is 0.218. The van der Waals surface area contributed by atoms with Crippen molar-refractivity contribution in [2.45, 2.75) is 26.4 Å². The molecule has 3 heterocycles. The quantitative estimate of drug-likeness (QED) is 0.332. The van der Waals surface area contributed by atoms with Gasteiger partial charge in [0.25, 0.3) is 0 Å². The summed E-state index contributed by atoms with van der Waals surface area (Å²) in [6.07, 6.45) is 4.67. The lowest BCUT2D eigenvalue weighted by Gasteiger charge is -2.25. The first-order valence-corrected chi connectivity index (χ1v) is 11.7. The van der Waals surface area contributed by atoms with Crippen LogP contribution in [0.15, 0.2) is 49.2 Å². The number of imidazole rings is 1. The second kappa shape index (κ2) is 9.25. The molecule has 0 aliphatic carbocycles. The lowest BCUT2D eigenvalue weighted by atomic mass is 10.1. The number of hydrogen-bond acceptors (Lipinski definition) is 9. The maximum atomic E-state index is 15.4. The van der Waals surface area contributed by atoms with Gasteiger partial charge in [-0.2, -0.15) is 0 Å². The molecule has 0 saturated carbocycles. The van der Waals surface area contributed by atoms with E-state index in [0.717, 1.165) is 11.0 Å². The van der Waals surface area contributed by atoms with Crippen molar-refractivity contribution >= 4 is 39.5 Å². The van der Waals surface area contributed by atoms with Crippen LogP contribution in [0.3, 0.4) is 0 Å². The summed E-state index contributed by atoms with van der Waals surface area (Å²) in [5, 5.41) is 13.2. The van der Waals surface area contributed by atoms with E-state index < -0.39 is 11.4 Å². The minimum Gasteiger partial charge on any atom is -0.457 e.